The summed E-state index contributed by atoms with van der Waals surface area (Å²) in [6.45, 7) is 5.55. The molecule has 2 fully saturated rings. The van der Waals surface area contributed by atoms with Crippen LogP contribution in [0.4, 0.5) is 0 Å². The van der Waals surface area contributed by atoms with Crippen LogP contribution in [0.25, 0.3) is 0 Å². The lowest BCUT2D eigenvalue weighted by atomic mass is 9.76. The van der Waals surface area contributed by atoms with Gasteiger partial charge in [0.15, 0.2) is 0 Å². The summed E-state index contributed by atoms with van der Waals surface area (Å²) in [5.41, 5.74) is 1.46. The number of nitrogens with zero attached hydrogens (tertiary/aromatic N) is 2. The van der Waals surface area contributed by atoms with Crippen molar-refractivity contribution in [3.63, 3.8) is 0 Å². The molecule has 0 radical (unpaired) electrons. The molecule has 2 aliphatic rings. The molecule has 0 bridgehead atoms. The zero-order valence-corrected chi connectivity index (χ0v) is 15.0. The molecule has 0 aromatic carbocycles. The molecule has 0 saturated carbocycles. The molecule has 2 N–H and O–H groups in total. The normalized spacial score (nSPS) is 23.2. The number of likely N-dealkylation sites (tertiary alicyclic amines) is 2. The van der Waals surface area contributed by atoms with Gasteiger partial charge in [-0.15, -0.1) is 0 Å². The number of pyridine rings is 1. The van der Waals surface area contributed by atoms with Crippen LogP contribution in [0.2, 0.25) is 0 Å². The lowest BCUT2D eigenvalue weighted by Gasteiger charge is -2.39. The second kappa shape index (κ2) is 6.29. The summed E-state index contributed by atoms with van der Waals surface area (Å²) >= 11 is 0. The molecule has 0 aliphatic carbocycles. The van der Waals surface area contributed by atoms with E-state index in [-0.39, 0.29) is 22.4 Å². The SMILES string of the molecule is Cc1cc(C(=O)N2CCC3(CC2)CC(C(=O)O)N(C)C3)c(=O)[nH]c1C. The van der Waals surface area contributed by atoms with Crippen LogP contribution in [0, 0.1) is 19.3 Å². The van der Waals surface area contributed by atoms with Gasteiger partial charge >= 0.3 is 5.97 Å². The smallest absolute Gasteiger partial charge is 0.320 e. The summed E-state index contributed by atoms with van der Waals surface area (Å²) in [5.74, 6) is -1.01. The van der Waals surface area contributed by atoms with Gasteiger partial charge in [-0.1, -0.05) is 0 Å². The number of aromatic nitrogens is 1. The quantitative estimate of drug-likeness (QED) is 0.832. The molecule has 136 valence electrons. The van der Waals surface area contributed by atoms with Gasteiger partial charge in [0.1, 0.15) is 11.6 Å². The highest BCUT2D eigenvalue weighted by molar-refractivity contribution is 5.94. The van der Waals surface area contributed by atoms with E-state index in [9.17, 15) is 19.5 Å². The van der Waals surface area contributed by atoms with Gasteiger partial charge in [-0.2, -0.15) is 0 Å². The molecule has 7 heteroatoms. The number of carbonyl (C=O) groups excluding carboxylic acids is 1. The summed E-state index contributed by atoms with van der Waals surface area (Å²) in [4.78, 5) is 42.5. The number of hydrogen-bond acceptors (Lipinski definition) is 4. The number of nitrogens with one attached hydrogen (secondary N) is 1. The van der Waals surface area contributed by atoms with E-state index >= 15 is 0 Å². The highest BCUT2D eigenvalue weighted by Gasteiger charge is 2.47. The van der Waals surface area contributed by atoms with Crippen molar-refractivity contribution in [2.75, 3.05) is 26.7 Å². The van der Waals surface area contributed by atoms with E-state index in [1.54, 1.807) is 11.0 Å². The Morgan fingerprint density at radius 1 is 1.28 bits per heavy atom. The van der Waals surface area contributed by atoms with E-state index in [0.717, 1.165) is 30.6 Å². The zero-order chi connectivity index (χ0) is 18.4. The van der Waals surface area contributed by atoms with Crippen LogP contribution in [0.1, 0.15) is 40.9 Å². The number of H-pyrrole nitrogens is 1. The summed E-state index contributed by atoms with van der Waals surface area (Å²) in [6, 6.07) is 1.22. The van der Waals surface area contributed by atoms with Crippen LogP contribution in [0.3, 0.4) is 0 Å². The Kier molecular flexibility index (Phi) is 4.45. The second-order valence-corrected chi connectivity index (χ2v) is 7.59. The number of piperidine rings is 1. The van der Waals surface area contributed by atoms with Gasteiger partial charge in [0, 0.05) is 25.3 Å². The third-order valence-electron chi connectivity index (χ3n) is 5.87. The maximum Gasteiger partial charge on any atom is 0.320 e. The molecule has 3 rings (SSSR count). The van der Waals surface area contributed by atoms with Crippen molar-refractivity contribution in [3.8, 4) is 0 Å². The van der Waals surface area contributed by atoms with Crippen LogP contribution in [0.15, 0.2) is 10.9 Å². The van der Waals surface area contributed by atoms with Crippen molar-refractivity contribution >= 4 is 11.9 Å². The Morgan fingerprint density at radius 2 is 1.92 bits per heavy atom. The average Bonchev–Trinajstić information content (AvgIpc) is 2.87. The molecular formula is C18H25N3O4. The maximum absolute atomic E-state index is 12.7. The Balaban J connectivity index is 1.71. The number of carboxylic acid groups (broad SMARTS) is 1. The van der Waals surface area contributed by atoms with Crippen LogP contribution in [-0.2, 0) is 4.79 Å². The number of hydrogen-bond donors (Lipinski definition) is 2. The number of carbonyl (C=O) groups is 2. The predicted octanol–water partition coefficient (Wildman–Crippen LogP) is 1.00. The van der Waals surface area contributed by atoms with E-state index in [1.807, 2.05) is 25.8 Å². The number of carboxylic acids is 1. The Labute approximate surface area is 146 Å². The molecule has 1 aromatic rings. The van der Waals surface area contributed by atoms with Crippen LogP contribution < -0.4 is 5.56 Å². The molecule has 1 spiro atoms. The number of amides is 1. The van der Waals surface area contributed by atoms with Crippen molar-refractivity contribution in [2.45, 2.75) is 39.2 Å². The molecule has 7 nitrogen and oxygen atoms in total. The van der Waals surface area contributed by atoms with Gasteiger partial charge < -0.3 is 15.0 Å². The molecular weight excluding hydrogens is 322 g/mol. The number of aryl methyl sites for hydroxylation is 2. The lowest BCUT2D eigenvalue weighted by molar-refractivity contribution is -0.141. The van der Waals surface area contributed by atoms with Crippen molar-refractivity contribution in [1.82, 2.24) is 14.8 Å². The first-order valence-corrected chi connectivity index (χ1v) is 8.65. The number of likely N-dealkylation sites (N-methyl/N-ethyl adjacent to an activating group) is 1. The number of aliphatic carboxylic acids is 1. The predicted molar refractivity (Wildman–Crippen MR) is 92.8 cm³/mol. The third kappa shape index (κ3) is 3.20. The topological polar surface area (TPSA) is 93.7 Å². The number of rotatable bonds is 2. The zero-order valence-electron chi connectivity index (χ0n) is 15.0. The minimum absolute atomic E-state index is 0.0375. The molecule has 1 atom stereocenters. The van der Waals surface area contributed by atoms with E-state index in [0.29, 0.717) is 19.5 Å². The second-order valence-electron chi connectivity index (χ2n) is 7.59. The van der Waals surface area contributed by atoms with Gasteiger partial charge in [-0.25, -0.2) is 0 Å². The molecule has 2 aliphatic heterocycles. The van der Waals surface area contributed by atoms with Crippen molar-refractivity contribution in [2.24, 2.45) is 5.41 Å². The van der Waals surface area contributed by atoms with E-state index in [4.69, 9.17) is 0 Å². The van der Waals surface area contributed by atoms with Gasteiger partial charge in [0.2, 0.25) is 0 Å². The monoisotopic (exact) mass is 347 g/mol. The average molecular weight is 347 g/mol. The largest absolute Gasteiger partial charge is 0.480 e. The summed E-state index contributed by atoms with van der Waals surface area (Å²) in [7, 11) is 1.85. The van der Waals surface area contributed by atoms with Gasteiger partial charge in [0.05, 0.1) is 0 Å². The molecule has 1 unspecified atom stereocenters. The van der Waals surface area contributed by atoms with Crippen molar-refractivity contribution in [1.29, 1.82) is 0 Å². The lowest BCUT2D eigenvalue weighted by Crippen LogP contribution is -2.45. The fraction of sp³-hybridized carbons (Fsp3) is 0.611. The fourth-order valence-corrected chi connectivity index (χ4v) is 4.15. The van der Waals surface area contributed by atoms with Gasteiger partial charge in [-0.3, -0.25) is 19.3 Å². The summed E-state index contributed by atoms with van der Waals surface area (Å²) in [5, 5.41) is 9.32. The Bertz CT molecular complexity index is 762. The van der Waals surface area contributed by atoms with E-state index < -0.39 is 12.0 Å². The van der Waals surface area contributed by atoms with E-state index in [1.165, 1.54) is 0 Å². The molecule has 1 aromatic heterocycles. The molecule has 1 amide bonds. The summed E-state index contributed by atoms with van der Waals surface area (Å²) < 4.78 is 0. The third-order valence-corrected chi connectivity index (χ3v) is 5.87. The van der Waals surface area contributed by atoms with Crippen molar-refractivity contribution < 1.29 is 14.7 Å². The number of aromatic amines is 1. The molecule has 3 heterocycles. The Hall–Kier alpha value is -2.15. The maximum atomic E-state index is 12.7. The highest BCUT2D eigenvalue weighted by Crippen LogP contribution is 2.42. The van der Waals surface area contributed by atoms with Gasteiger partial charge in [-0.05, 0) is 57.2 Å². The minimum Gasteiger partial charge on any atom is -0.480 e. The fourth-order valence-electron chi connectivity index (χ4n) is 4.15. The Morgan fingerprint density at radius 3 is 2.48 bits per heavy atom. The molecule has 25 heavy (non-hydrogen) atoms. The minimum atomic E-state index is -0.778. The van der Waals surface area contributed by atoms with Gasteiger partial charge in [0.25, 0.3) is 11.5 Å². The van der Waals surface area contributed by atoms with Crippen LogP contribution in [0.5, 0.6) is 0 Å². The first kappa shape index (κ1) is 17.7. The first-order valence-electron chi connectivity index (χ1n) is 8.65. The first-order chi connectivity index (χ1) is 11.7. The van der Waals surface area contributed by atoms with E-state index in [2.05, 4.69) is 4.98 Å². The highest BCUT2D eigenvalue weighted by atomic mass is 16.4. The molecule has 2 saturated heterocycles. The standard InChI is InChI=1S/C18H25N3O4/c1-11-8-13(15(22)19-12(11)2)16(23)21-6-4-18(5-7-21)9-14(17(24)25)20(3)10-18/h8,14H,4-7,9-10H2,1-3H3,(H,19,22)(H,24,25). The van der Waals surface area contributed by atoms with Crippen molar-refractivity contribution in [3.05, 3.63) is 33.2 Å². The van der Waals surface area contributed by atoms with Crippen LogP contribution >= 0.6 is 0 Å². The van der Waals surface area contributed by atoms with Crippen LogP contribution in [-0.4, -0.2) is 64.5 Å². The summed E-state index contributed by atoms with van der Waals surface area (Å²) in [6.07, 6.45) is 2.18.